The zero-order valence-corrected chi connectivity index (χ0v) is 16.3. The van der Waals surface area contributed by atoms with Crippen LogP contribution in [0.1, 0.15) is 52.9 Å². The van der Waals surface area contributed by atoms with Gasteiger partial charge in [-0.1, -0.05) is 43.4 Å². The molecule has 0 radical (unpaired) electrons. The summed E-state index contributed by atoms with van der Waals surface area (Å²) in [7, 11) is 0. The molecule has 0 atom stereocenters. The second kappa shape index (κ2) is 9.07. The number of likely N-dealkylation sites (N-methyl/N-ethyl adjacent to an activating group) is 1. The van der Waals surface area contributed by atoms with E-state index in [1.54, 1.807) is 6.42 Å². The van der Waals surface area contributed by atoms with Gasteiger partial charge < -0.3 is 9.64 Å². The molecule has 4 aliphatic rings. The Morgan fingerprint density at radius 1 is 0.905 bits per heavy atom. The van der Waals surface area contributed by atoms with E-state index in [1.165, 1.54) is 30.1 Å². The van der Waals surface area contributed by atoms with Crippen LogP contribution in [-0.2, 0) is 4.74 Å². The summed E-state index contributed by atoms with van der Waals surface area (Å²) >= 11 is 2.29. The Morgan fingerprint density at radius 3 is 1.81 bits per heavy atom. The first-order valence-corrected chi connectivity index (χ1v) is 10.6. The van der Waals surface area contributed by atoms with Crippen LogP contribution >= 0.6 is 22.6 Å². The lowest BCUT2D eigenvalue weighted by Crippen LogP contribution is -2.49. The molecule has 124 valence electrons. The van der Waals surface area contributed by atoms with Crippen LogP contribution in [0.2, 0.25) is 0 Å². The molecule has 4 saturated carbocycles. The molecule has 4 rings (SSSR count). The van der Waals surface area contributed by atoms with Crippen LogP contribution in [0.25, 0.3) is 0 Å². The summed E-state index contributed by atoms with van der Waals surface area (Å²) in [6, 6.07) is 0. The molecule has 21 heavy (non-hydrogen) atoms. The van der Waals surface area contributed by atoms with Crippen molar-refractivity contribution < 1.29 is 4.74 Å². The lowest BCUT2D eigenvalue weighted by Gasteiger charge is -2.54. The highest BCUT2D eigenvalue weighted by Gasteiger charge is 2.48. The van der Waals surface area contributed by atoms with Crippen molar-refractivity contribution in [2.75, 3.05) is 30.7 Å². The summed E-state index contributed by atoms with van der Waals surface area (Å²) in [6.45, 7) is 11.0. The average Bonchev–Trinajstić information content (AvgIpc) is 2.46. The van der Waals surface area contributed by atoms with Gasteiger partial charge in [-0.05, 0) is 73.3 Å². The van der Waals surface area contributed by atoms with Gasteiger partial charge in [0.1, 0.15) is 0 Å². The van der Waals surface area contributed by atoms with Crippen LogP contribution in [0, 0.1) is 23.7 Å². The third kappa shape index (κ3) is 4.81. The quantitative estimate of drug-likeness (QED) is 0.471. The second-order valence-electron chi connectivity index (χ2n) is 7.06. The van der Waals surface area contributed by atoms with Gasteiger partial charge in [-0.3, -0.25) is 0 Å². The van der Waals surface area contributed by atoms with E-state index in [-0.39, 0.29) is 0 Å². The average molecular weight is 407 g/mol. The van der Waals surface area contributed by atoms with Crippen LogP contribution in [-0.4, -0.2) is 41.7 Å². The second-order valence-corrected chi connectivity index (χ2v) is 8.59. The molecule has 2 nitrogen and oxygen atoms in total. The summed E-state index contributed by atoms with van der Waals surface area (Å²) < 4.78 is 7.53. The topological polar surface area (TPSA) is 12.5 Å². The third-order valence-corrected chi connectivity index (χ3v) is 5.75. The Bertz CT molecular complexity index is 265. The molecule has 0 aliphatic heterocycles. The number of nitrogens with zero attached hydrogens (tertiary/aromatic N) is 1. The van der Waals surface area contributed by atoms with Gasteiger partial charge in [0.25, 0.3) is 0 Å². The molecule has 3 heteroatoms. The Hall–Kier alpha value is 0.650. The lowest BCUT2D eigenvalue weighted by atomic mass is 9.55. The molecular formula is C18H34INO. The van der Waals surface area contributed by atoms with Crippen molar-refractivity contribution in [2.24, 2.45) is 23.7 Å². The molecule has 0 spiro atoms. The predicted molar refractivity (Wildman–Crippen MR) is 99.1 cm³/mol. The molecule has 4 bridgehead atoms. The Kier molecular flexibility index (Phi) is 7.77. The SMILES string of the molecule is CCI.CCN(CC)CCOC1C2CC3CC(C2)CC1C3. The number of halogens is 1. The van der Waals surface area contributed by atoms with Gasteiger partial charge in [0.2, 0.25) is 0 Å². The van der Waals surface area contributed by atoms with Crippen LogP contribution in [0.5, 0.6) is 0 Å². The van der Waals surface area contributed by atoms with Gasteiger partial charge >= 0.3 is 0 Å². The number of rotatable bonds is 6. The summed E-state index contributed by atoms with van der Waals surface area (Å²) in [6.07, 6.45) is 8.06. The van der Waals surface area contributed by atoms with Crippen LogP contribution in [0.3, 0.4) is 0 Å². The molecule has 4 fully saturated rings. The molecule has 0 aromatic heterocycles. The fourth-order valence-electron chi connectivity index (χ4n) is 5.01. The molecule has 0 amide bonds. The minimum Gasteiger partial charge on any atom is -0.376 e. The molecule has 0 unspecified atom stereocenters. The van der Waals surface area contributed by atoms with Crippen LogP contribution < -0.4 is 0 Å². The van der Waals surface area contributed by atoms with Crippen molar-refractivity contribution >= 4 is 22.6 Å². The number of ether oxygens (including phenoxy) is 1. The van der Waals surface area contributed by atoms with Gasteiger partial charge in [0.15, 0.2) is 0 Å². The van der Waals surface area contributed by atoms with E-state index in [1.807, 2.05) is 0 Å². The third-order valence-electron chi connectivity index (χ3n) is 5.75. The summed E-state index contributed by atoms with van der Waals surface area (Å²) in [5.41, 5.74) is 0. The largest absolute Gasteiger partial charge is 0.376 e. The van der Waals surface area contributed by atoms with Crippen molar-refractivity contribution in [1.29, 1.82) is 0 Å². The van der Waals surface area contributed by atoms with Crippen molar-refractivity contribution in [2.45, 2.75) is 59.0 Å². The maximum absolute atomic E-state index is 6.31. The minimum absolute atomic E-state index is 0.619. The van der Waals surface area contributed by atoms with E-state index in [4.69, 9.17) is 4.74 Å². The van der Waals surface area contributed by atoms with Gasteiger partial charge in [-0.2, -0.15) is 0 Å². The van der Waals surface area contributed by atoms with Gasteiger partial charge in [-0.25, -0.2) is 0 Å². The Morgan fingerprint density at radius 2 is 1.38 bits per heavy atom. The van der Waals surface area contributed by atoms with Crippen molar-refractivity contribution in [3.05, 3.63) is 0 Å². The number of alkyl halides is 1. The molecule has 0 N–H and O–H groups in total. The molecule has 0 heterocycles. The van der Waals surface area contributed by atoms with E-state index in [2.05, 4.69) is 48.3 Å². The summed E-state index contributed by atoms with van der Waals surface area (Å²) in [4.78, 5) is 2.47. The highest BCUT2D eigenvalue weighted by Crippen LogP contribution is 2.54. The summed E-state index contributed by atoms with van der Waals surface area (Å²) in [5, 5.41) is 0. The zero-order chi connectivity index (χ0) is 15.2. The zero-order valence-electron chi connectivity index (χ0n) is 14.2. The van der Waals surface area contributed by atoms with E-state index in [0.717, 1.165) is 49.9 Å². The first kappa shape index (κ1) is 18.0. The van der Waals surface area contributed by atoms with Crippen molar-refractivity contribution in [3.8, 4) is 0 Å². The molecule has 0 saturated heterocycles. The maximum atomic E-state index is 6.31. The van der Waals surface area contributed by atoms with Crippen molar-refractivity contribution in [3.63, 3.8) is 0 Å². The van der Waals surface area contributed by atoms with Gasteiger partial charge in [0.05, 0.1) is 12.7 Å². The fourth-order valence-corrected chi connectivity index (χ4v) is 5.01. The van der Waals surface area contributed by atoms with Gasteiger partial charge in [-0.15, -0.1) is 0 Å². The maximum Gasteiger partial charge on any atom is 0.0632 e. The van der Waals surface area contributed by atoms with Crippen molar-refractivity contribution in [1.82, 2.24) is 4.90 Å². The predicted octanol–water partition coefficient (Wildman–Crippen LogP) is 4.61. The van der Waals surface area contributed by atoms with Gasteiger partial charge in [0, 0.05) is 6.54 Å². The Labute approximate surface area is 145 Å². The fraction of sp³-hybridized carbons (Fsp3) is 1.00. The minimum atomic E-state index is 0.619. The van der Waals surface area contributed by atoms with E-state index in [9.17, 15) is 0 Å². The first-order chi connectivity index (χ1) is 10.2. The Balaban J connectivity index is 0.000000497. The number of hydrogen-bond acceptors (Lipinski definition) is 2. The standard InChI is InChI=1S/C16H29NO.C2H5I/c1-3-17(4-2)5-6-18-16-14-8-12-7-13(10-14)11-15(16)9-12;1-2-3/h12-16H,3-11H2,1-2H3;2H2,1H3. The number of hydrogen-bond donors (Lipinski definition) is 0. The molecule has 4 aliphatic carbocycles. The molecule has 0 aromatic rings. The van der Waals surface area contributed by atoms with Crippen LogP contribution in [0.15, 0.2) is 0 Å². The monoisotopic (exact) mass is 407 g/mol. The van der Waals surface area contributed by atoms with E-state index in [0.29, 0.717) is 6.10 Å². The lowest BCUT2D eigenvalue weighted by molar-refractivity contribution is -0.128. The smallest absolute Gasteiger partial charge is 0.0632 e. The van der Waals surface area contributed by atoms with E-state index >= 15 is 0 Å². The molecular weight excluding hydrogens is 373 g/mol. The van der Waals surface area contributed by atoms with Crippen LogP contribution in [0.4, 0.5) is 0 Å². The summed E-state index contributed by atoms with van der Waals surface area (Å²) in [5.74, 6) is 3.96. The normalized spacial score (nSPS) is 36.7. The van der Waals surface area contributed by atoms with E-state index < -0.39 is 0 Å². The first-order valence-electron chi connectivity index (χ1n) is 9.11. The molecule has 0 aromatic carbocycles. The highest BCUT2D eigenvalue weighted by atomic mass is 127. The highest BCUT2D eigenvalue weighted by molar-refractivity contribution is 14.1.